The predicted molar refractivity (Wildman–Crippen MR) is 87.0 cm³/mol. The summed E-state index contributed by atoms with van der Waals surface area (Å²) in [5.74, 6) is 0.823. The van der Waals surface area contributed by atoms with E-state index in [1.165, 1.54) is 32.4 Å². The number of piperidine rings is 1. The second-order valence-electron chi connectivity index (χ2n) is 6.33. The van der Waals surface area contributed by atoms with Crippen molar-refractivity contribution in [3.8, 4) is 0 Å². The van der Waals surface area contributed by atoms with Crippen molar-refractivity contribution in [3.05, 3.63) is 35.1 Å². The molecule has 0 bridgehead atoms. The second-order valence-corrected chi connectivity index (χ2v) is 6.33. The Labute approximate surface area is 128 Å². The molecule has 1 heterocycles. The largest absolute Gasteiger partial charge is 0.313 e. The summed E-state index contributed by atoms with van der Waals surface area (Å²) in [5.41, 5.74) is 1.78. The number of hydrogen-bond acceptors (Lipinski definition) is 2. The van der Waals surface area contributed by atoms with E-state index >= 15 is 0 Å². The highest BCUT2D eigenvalue weighted by molar-refractivity contribution is 5.25. The van der Waals surface area contributed by atoms with Crippen LogP contribution in [0, 0.1) is 18.7 Å². The van der Waals surface area contributed by atoms with E-state index in [0.717, 1.165) is 30.0 Å². The summed E-state index contributed by atoms with van der Waals surface area (Å²) >= 11 is 0. The third-order valence-electron chi connectivity index (χ3n) is 4.97. The fourth-order valence-corrected chi connectivity index (χ4v) is 3.23. The van der Waals surface area contributed by atoms with E-state index in [0.29, 0.717) is 0 Å². The van der Waals surface area contributed by atoms with Gasteiger partial charge < -0.3 is 10.2 Å². The number of aryl methyl sites for hydroxylation is 1. The molecule has 2 nitrogen and oxygen atoms in total. The van der Waals surface area contributed by atoms with E-state index in [4.69, 9.17) is 0 Å². The summed E-state index contributed by atoms with van der Waals surface area (Å²) in [7, 11) is 1.96. The summed E-state index contributed by atoms with van der Waals surface area (Å²) in [6, 6.07) is 5.84. The van der Waals surface area contributed by atoms with Crippen molar-refractivity contribution >= 4 is 0 Å². The minimum atomic E-state index is -0.100. The molecule has 1 aliphatic rings. The van der Waals surface area contributed by atoms with Crippen LogP contribution in [0.25, 0.3) is 0 Å². The van der Waals surface area contributed by atoms with Crippen LogP contribution in [0.4, 0.5) is 4.39 Å². The third kappa shape index (κ3) is 4.52. The molecule has 1 aromatic carbocycles. The highest BCUT2D eigenvalue weighted by Gasteiger charge is 2.19. The lowest BCUT2D eigenvalue weighted by Crippen LogP contribution is -2.35. The van der Waals surface area contributed by atoms with Gasteiger partial charge in [0, 0.05) is 6.04 Å². The maximum Gasteiger partial charge on any atom is 0.126 e. The number of likely N-dealkylation sites (tertiary alicyclic amines) is 1. The van der Waals surface area contributed by atoms with Crippen molar-refractivity contribution < 1.29 is 4.39 Å². The Kier molecular flexibility index (Phi) is 6.19. The molecule has 118 valence electrons. The zero-order valence-electron chi connectivity index (χ0n) is 13.7. The Hall–Kier alpha value is -0.930. The highest BCUT2D eigenvalue weighted by atomic mass is 19.1. The van der Waals surface area contributed by atoms with E-state index in [1.54, 1.807) is 6.07 Å². The molecule has 1 unspecified atom stereocenters. The molecule has 0 amide bonds. The Morgan fingerprint density at radius 1 is 1.33 bits per heavy atom. The maximum absolute atomic E-state index is 13.7. The van der Waals surface area contributed by atoms with Crippen LogP contribution < -0.4 is 5.32 Å². The van der Waals surface area contributed by atoms with Crippen molar-refractivity contribution in [2.75, 3.05) is 26.7 Å². The fourth-order valence-electron chi connectivity index (χ4n) is 3.23. The number of halogens is 1. The Bertz CT molecular complexity index is 439. The summed E-state index contributed by atoms with van der Waals surface area (Å²) in [5, 5.41) is 3.33. The van der Waals surface area contributed by atoms with E-state index in [1.807, 2.05) is 26.1 Å². The normalized spacial score (nSPS) is 18.9. The summed E-state index contributed by atoms with van der Waals surface area (Å²) < 4.78 is 13.7. The molecule has 1 aliphatic heterocycles. The standard InChI is InChI=1S/C18H29FN2/c1-4-15-7-10-21(11-8-15)12-9-18(20-3)16-6-5-14(2)17(19)13-16/h5-6,13,15,18,20H,4,7-12H2,1-3H3. The van der Waals surface area contributed by atoms with Crippen molar-refractivity contribution in [2.24, 2.45) is 5.92 Å². The second kappa shape index (κ2) is 7.90. The molecular formula is C18H29FN2. The first-order valence-corrected chi connectivity index (χ1v) is 8.29. The molecule has 2 rings (SSSR count). The van der Waals surface area contributed by atoms with Crippen LogP contribution in [0.2, 0.25) is 0 Å². The van der Waals surface area contributed by atoms with Crippen LogP contribution in [-0.4, -0.2) is 31.6 Å². The Morgan fingerprint density at radius 2 is 2.05 bits per heavy atom. The lowest BCUT2D eigenvalue weighted by molar-refractivity contribution is 0.175. The molecule has 0 aromatic heterocycles. The number of nitrogens with zero attached hydrogens (tertiary/aromatic N) is 1. The zero-order valence-corrected chi connectivity index (χ0v) is 13.7. The van der Waals surface area contributed by atoms with Crippen LogP contribution in [0.3, 0.4) is 0 Å². The summed E-state index contributed by atoms with van der Waals surface area (Å²) in [6.07, 6.45) is 5.02. The van der Waals surface area contributed by atoms with Gasteiger partial charge >= 0.3 is 0 Å². The molecule has 0 radical (unpaired) electrons. The molecule has 1 fully saturated rings. The van der Waals surface area contributed by atoms with E-state index in [2.05, 4.69) is 17.1 Å². The molecule has 1 N–H and O–H groups in total. The molecule has 21 heavy (non-hydrogen) atoms. The zero-order chi connectivity index (χ0) is 15.2. The predicted octanol–water partition coefficient (Wildman–Crippen LogP) is 3.91. The molecule has 0 spiro atoms. The lowest BCUT2D eigenvalue weighted by Gasteiger charge is -2.32. The first kappa shape index (κ1) is 16.4. The van der Waals surface area contributed by atoms with E-state index < -0.39 is 0 Å². The molecule has 1 atom stereocenters. The monoisotopic (exact) mass is 292 g/mol. The van der Waals surface area contributed by atoms with E-state index in [-0.39, 0.29) is 11.9 Å². The molecule has 1 saturated heterocycles. The summed E-state index contributed by atoms with van der Waals surface area (Å²) in [6.45, 7) is 7.64. The molecular weight excluding hydrogens is 263 g/mol. The van der Waals surface area contributed by atoms with Gasteiger partial charge in [-0.25, -0.2) is 4.39 Å². The molecule has 0 saturated carbocycles. The van der Waals surface area contributed by atoms with Crippen LogP contribution in [-0.2, 0) is 0 Å². The minimum Gasteiger partial charge on any atom is -0.313 e. The number of hydrogen-bond donors (Lipinski definition) is 1. The SMILES string of the molecule is CCC1CCN(CCC(NC)c2ccc(C)c(F)c2)CC1. The maximum atomic E-state index is 13.7. The number of benzene rings is 1. The van der Waals surface area contributed by atoms with Gasteiger partial charge in [0.2, 0.25) is 0 Å². The highest BCUT2D eigenvalue weighted by Crippen LogP contribution is 2.23. The van der Waals surface area contributed by atoms with Crippen molar-refractivity contribution in [1.29, 1.82) is 0 Å². The minimum absolute atomic E-state index is 0.100. The van der Waals surface area contributed by atoms with Gasteiger partial charge in [-0.05, 0) is 76.0 Å². The topological polar surface area (TPSA) is 15.3 Å². The fraction of sp³-hybridized carbons (Fsp3) is 0.667. The van der Waals surface area contributed by atoms with Crippen molar-refractivity contribution in [3.63, 3.8) is 0 Å². The van der Waals surface area contributed by atoms with Gasteiger partial charge in [-0.1, -0.05) is 25.5 Å². The average molecular weight is 292 g/mol. The average Bonchev–Trinajstić information content (AvgIpc) is 2.52. The van der Waals surface area contributed by atoms with Crippen LogP contribution in [0.15, 0.2) is 18.2 Å². The Morgan fingerprint density at radius 3 is 2.62 bits per heavy atom. The molecule has 1 aromatic rings. The van der Waals surface area contributed by atoms with Gasteiger partial charge in [0.25, 0.3) is 0 Å². The number of nitrogens with one attached hydrogen (secondary N) is 1. The number of rotatable bonds is 6. The van der Waals surface area contributed by atoms with Gasteiger partial charge in [-0.15, -0.1) is 0 Å². The van der Waals surface area contributed by atoms with Crippen LogP contribution >= 0.6 is 0 Å². The van der Waals surface area contributed by atoms with Gasteiger partial charge in [0.1, 0.15) is 5.82 Å². The van der Waals surface area contributed by atoms with Crippen LogP contribution in [0.5, 0.6) is 0 Å². The van der Waals surface area contributed by atoms with Crippen LogP contribution in [0.1, 0.15) is 49.8 Å². The summed E-state index contributed by atoms with van der Waals surface area (Å²) in [4.78, 5) is 2.56. The van der Waals surface area contributed by atoms with Crippen molar-refractivity contribution in [2.45, 2.75) is 45.6 Å². The van der Waals surface area contributed by atoms with Crippen molar-refractivity contribution in [1.82, 2.24) is 10.2 Å². The van der Waals surface area contributed by atoms with Gasteiger partial charge in [0.15, 0.2) is 0 Å². The lowest BCUT2D eigenvalue weighted by atomic mass is 9.94. The third-order valence-corrected chi connectivity index (χ3v) is 4.97. The smallest absolute Gasteiger partial charge is 0.126 e. The van der Waals surface area contributed by atoms with Gasteiger partial charge in [-0.3, -0.25) is 0 Å². The first-order valence-electron chi connectivity index (χ1n) is 8.29. The van der Waals surface area contributed by atoms with Gasteiger partial charge in [-0.2, -0.15) is 0 Å². The molecule has 3 heteroatoms. The quantitative estimate of drug-likeness (QED) is 0.855. The van der Waals surface area contributed by atoms with E-state index in [9.17, 15) is 4.39 Å². The molecule has 0 aliphatic carbocycles. The first-order chi connectivity index (χ1) is 10.1. The Balaban J connectivity index is 1.86. The van der Waals surface area contributed by atoms with Gasteiger partial charge in [0.05, 0.1) is 0 Å².